The van der Waals surface area contributed by atoms with Crippen molar-refractivity contribution in [2.75, 3.05) is 5.32 Å². The molecule has 0 saturated carbocycles. The van der Waals surface area contributed by atoms with Crippen molar-refractivity contribution in [3.8, 4) is 5.75 Å². The first kappa shape index (κ1) is 20.7. The van der Waals surface area contributed by atoms with Crippen LogP contribution in [0.1, 0.15) is 21.5 Å². The van der Waals surface area contributed by atoms with Crippen molar-refractivity contribution in [1.82, 2.24) is 0 Å². The third-order valence-electron chi connectivity index (χ3n) is 3.95. The number of ether oxygens (including phenoxy) is 1. The van der Waals surface area contributed by atoms with Crippen LogP contribution in [0.2, 0.25) is 5.02 Å². The van der Waals surface area contributed by atoms with Crippen LogP contribution >= 0.6 is 11.6 Å². The van der Waals surface area contributed by atoms with Gasteiger partial charge in [-0.1, -0.05) is 23.7 Å². The van der Waals surface area contributed by atoms with Crippen LogP contribution in [0.5, 0.6) is 5.75 Å². The van der Waals surface area contributed by atoms with E-state index in [2.05, 4.69) is 5.32 Å². The Labute approximate surface area is 168 Å². The highest BCUT2D eigenvalue weighted by Gasteiger charge is 2.31. The number of amides is 1. The Bertz CT molecular complexity index is 1020. The first-order valence-electron chi connectivity index (χ1n) is 8.38. The number of nitrogens with one attached hydrogen (secondary N) is 1. The maximum atomic E-state index is 13.8. The van der Waals surface area contributed by atoms with Crippen LogP contribution in [0.3, 0.4) is 0 Å². The van der Waals surface area contributed by atoms with Gasteiger partial charge in [-0.2, -0.15) is 13.2 Å². The molecule has 1 amide bonds. The Morgan fingerprint density at radius 2 is 1.72 bits per heavy atom. The molecule has 0 unspecified atom stereocenters. The smallest absolute Gasteiger partial charge is 0.416 e. The molecule has 0 radical (unpaired) electrons. The van der Waals surface area contributed by atoms with E-state index < -0.39 is 29.2 Å². The molecule has 3 nitrogen and oxygen atoms in total. The molecule has 0 aliphatic heterocycles. The first-order valence-corrected chi connectivity index (χ1v) is 8.75. The van der Waals surface area contributed by atoms with Crippen LogP contribution in [-0.2, 0) is 12.8 Å². The lowest BCUT2D eigenvalue weighted by Gasteiger charge is -2.12. The Kier molecular flexibility index (Phi) is 6.08. The fourth-order valence-electron chi connectivity index (χ4n) is 2.49. The van der Waals surface area contributed by atoms with Crippen molar-refractivity contribution in [3.63, 3.8) is 0 Å². The number of halogens is 5. The molecule has 0 fully saturated rings. The van der Waals surface area contributed by atoms with Crippen molar-refractivity contribution in [2.24, 2.45) is 0 Å². The summed E-state index contributed by atoms with van der Waals surface area (Å²) in [5.74, 6) is -1.12. The molecule has 0 aliphatic carbocycles. The summed E-state index contributed by atoms with van der Waals surface area (Å²) in [6.45, 7) is 0.153. The molecule has 29 heavy (non-hydrogen) atoms. The van der Waals surface area contributed by atoms with Crippen molar-refractivity contribution in [3.05, 3.63) is 94.3 Å². The molecule has 3 rings (SSSR count). The maximum Gasteiger partial charge on any atom is 0.416 e. The third kappa shape index (κ3) is 5.48. The zero-order valence-corrected chi connectivity index (χ0v) is 15.5. The molecular formula is C21H14ClF4NO2. The van der Waals surface area contributed by atoms with E-state index in [0.29, 0.717) is 34.5 Å². The van der Waals surface area contributed by atoms with Crippen LogP contribution in [0.25, 0.3) is 0 Å². The van der Waals surface area contributed by atoms with E-state index >= 15 is 0 Å². The summed E-state index contributed by atoms with van der Waals surface area (Å²) >= 11 is 5.81. The number of benzene rings is 3. The second-order valence-electron chi connectivity index (χ2n) is 6.09. The number of carbonyl (C=O) groups is 1. The molecule has 0 bridgehead atoms. The minimum absolute atomic E-state index is 0.152. The Balaban J connectivity index is 1.72. The van der Waals surface area contributed by atoms with Gasteiger partial charge < -0.3 is 10.1 Å². The molecule has 0 heterocycles. The molecule has 8 heteroatoms. The zero-order chi connectivity index (χ0) is 21.0. The predicted molar refractivity (Wildman–Crippen MR) is 102 cm³/mol. The van der Waals surface area contributed by atoms with Crippen LogP contribution in [-0.4, -0.2) is 5.91 Å². The Hall–Kier alpha value is -3.06. The first-order chi connectivity index (χ1) is 13.7. The van der Waals surface area contributed by atoms with Gasteiger partial charge in [0.05, 0.1) is 11.3 Å². The molecule has 0 aliphatic rings. The SMILES string of the molecule is O=C(Nc1cc(C(F)(F)F)ccc1F)c1cccc(COc2ccc(Cl)cc2)c1. The van der Waals surface area contributed by atoms with Crippen LogP contribution in [0.4, 0.5) is 23.2 Å². The summed E-state index contributed by atoms with van der Waals surface area (Å²) in [6, 6.07) is 14.8. The van der Waals surface area contributed by atoms with Gasteiger partial charge in [0.25, 0.3) is 5.91 Å². The van der Waals surface area contributed by atoms with Crippen LogP contribution < -0.4 is 10.1 Å². The van der Waals surface area contributed by atoms with Gasteiger partial charge in [-0.25, -0.2) is 4.39 Å². The molecule has 0 atom stereocenters. The lowest BCUT2D eigenvalue weighted by molar-refractivity contribution is -0.137. The van der Waals surface area contributed by atoms with E-state index in [-0.39, 0.29) is 12.2 Å². The van der Waals surface area contributed by atoms with Gasteiger partial charge in [-0.05, 0) is 60.2 Å². The zero-order valence-electron chi connectivity index (χ0n) is 14.8. The summed E-state index contributed by atoms with van der Waals surface area (Å²) in [4.78, 5) is 12.4. The summed E-state index contributed by atoms with van der Waals surface area (Å²) in [5, 5.41) is 2.74. The lowest BCUT2D eigenvalue weighted by Crippen LogP contribution is -2.15. The summed E-state index contributed by atoms with van der Waals surface area (Å²) in [6.07, 6.45) is -4.65. The minimum Gasteiger partial charge on any atom is -0.489 e. The molecule has 1 N–H and O–H groups in total. The number of carbonyl (C=O) groups excluding carboxylic acids is 1. The molecule has 0 aromatic heterocycles. The highest BCUT2D eigenvalue weighted by molar-refractivity contribution is 6.30. The van der Waals surface area contributed by atoms with E-state index in [1.54, 1.807) is 36.4 Å². The van der Waals surface area contributed by atoms with Crippen LogP contribution in [0.15, 0.2) is 66.7 Å². The number of hydrogen-bond acceptors (Lipinski definition) is 2. The fraction of sp³-hybridized carbons (Fsp3) is 0.0952. The van der Waals surface area contributed by atoms with Gasteiger partial charge in [-0.15, -0.1) is 0 Å². The molecule has 0 saturated heterocycles. The number of hydrogen-bond donors (Lipinski definition) is 1. The third-order valence-corrected chi connectivity index (χ3v) is 4.20. The van der Waals surface area contributed by atoms with Crippen LogP contribution in [0, 0.1) is 5.82 Å². The normalized spacial score (nSPS) is 11.2. The summed E-state index contributed by atoms with van der Waals surface area (Å²) in [7, 11) is 0. The monoisotopic (exact) mass is 423 g/mol. The second kappa shape index (κ2) is 8.53. The lowest BCUT2D eigenvalue weighted by atomic mass is 10.1. The predicted octanol–water partition coefficient (Wildman–Crippen LogP) is 6.33. The average molecular weight is 424 g/mol. The van der Waals surface area contributed by atoms with Crippen molar-refractivity contribution >= 4 is 23.2 Å². The van der Waals surface area contributed by atoms with E-state index in [0.717, 1.165) is 0 Å². The highest BCUT2D eigenvalue weighted by atomic mass is 35.5. The topological polar surface area (TPSA) is 38.3 Å². The Morgan fingerprint density at radius 1 is 1.00 bits per heavy atom. The molecule has 150 valence electrons. The maximum absolute atomic E-state index is 13.8. The van der Waals surface area contributed by atoms with Crippen molar-refractivity contribution in [2.45, 2.75) is 12.8 Å². The van der Waals surface area contributed by atoms with E-state index in [9.17, 15) is 22.4 Å². The van der Waals surface area contributed by atoms with E-state index in [4.69, 9.17) is 16.3 Å². The van der Waals surface area contributed by atoms with Gasteiger partial charge in [-0.3, -0.25) is 4.79 Å². The standard InChI is InChI=1S/C21H14ClF4NO2/c22-16-5-7-17(8-6-16)29-12-13-2-1-3-14(10-13)20(28)27-19-11-15(21(24,25)26)4-9-18(19)23/h1-11H,12H2,(H,27,28). The minimum atomic E-state index is -4.65. The van der Waals surface area contributed by atoms with Gasteiger partial charge in [0, 0.05) is 10.6 Å². The summed E-state index contributed by atoms with van der Waals surface area (Å²) in [5.41, 5.74) is -0.803. The number of rotatable bonds is 5. The molecule has 0 spiro atoms. The largest absolute Gasteiger partial charge is 0.489 e. The van der Waals surface area contributed by atoms with Gasteiger partial charge >= 0.3 is 6.18 Å². The second-order valence-corrected chi connectivity index (χ2v) is 6.53. The molecule has 3 aromatic carbocycles. The fourth-order valence-corrected chi connectivity index (χ4v) is 2.62. The van der Waals surface area contributed by atoms with Crippen molar-refractivity contribution in [1.29, 1.82) is 0 Å². The van der Waals surface area contributed by atoms with Gasteiger partial charge in [0.2, 0.25) is 0 Å². The molecule has 3 aromatic rings. The van der Waals surface area contributed by atoms with Gasteiger partial charge in [0.15, 0.2) is 0 Å². The summed E-state index contributed by atoms with van der Waals surface area (Å²) < 4.78 is 57.8. The number of alkyl halides is 3. The molecular weight excluding hydrogens is 410 g/mol. The van der Waals surface area contributed by atoms with E-state index in [1.165, 1.54) is 12.1 Å². The van der Waals surface area contributed by atoms with E-state index in [1.807, 2.05) is 0 Å². The number of anilines is 1. The highest BCUT2D eigenvalue weighted by Crippen LogP contribution is 2.32. The quantitative estimate of drug-likeness (QED) is 0.487. The van der Waals surface area contributed by atoms with Crippen molar-refractivity contribution < 1.29 is 27.1 Å². The Morgan fingerprint density at radius 3 is 2.41 bits per heavy atom. The average Bonchev–Trinajstić information content (AvgIpc) is 2.68. The van der Waals surface area contributed by atoms with Gasteiger partial charge in [0.1, 0.15) is 18.2 Å².